The van der Waals surface area contributed by atoms with E-state index in [1.807, 2.05) is 13.0 Å². The van der Waals surface area contributed by atoms with Gasteiger partial charge >= 0.3 is 5.97 Å². The van der Waals surface area contributed by atoms with Gasteiger partial charge in [-0.15, -0.1) is 0 Å². The molecule has 33 heavy (non-hydrogen) atoms. The number of rotatable bonds is 6. The summed E-state index contributed by atoms with van der Waals surface area (Å²) in [6, 6.07) is 17.7. The molecule has 4 aromatic rings. The molecule has 4 rings (SSSR count). The Balaban J connectivity index is 1.57. The maximum Gasteiger partial charge on any atom is 0.330 e. The zero-order valence-corrected chi connectivity index (χ0v) is 18.3. The zero-order chi connectivity index (χ0) is 23.5. The number of fused-ring (bicyclic) bond motifs is 1. The van der Waals surface area contributed by atoms with Gasteiger partial charge in [-0.2, -0.15) is 0 Å². The van der Waals surface area contributed by atoms with Crippen molar-refractivity contribution in [1.82, 2.24) is 15.3 Å². The number of aromatic nitrogens is 2. The fraction of sp³-hybridized carbons (Fsp3) is 0.0833. The van der Waals surface area contributed by atoms with E-state index in [1.165, 1.54) is 11.8 Å². The second-order valence-electron chi connectivity index (χ2n) is 7.34. The number of carbonyl (C=O) groups is 2. The number of aryl methyl sites for hydroxylation is 1. The minimum absolute atomic E-state index is 0.0536. The zero-order valence-electron chi connectivity index (χ0n) is 17.5. The summed E-state index contributed by atoms with van der Waals surface area (Å²) >= 11 is 1.37. The average Bonchev–Trinajstić information content (AvgIpc) is 2.80. The fourth-order valence-corrected chi connectivity index (χ4v) is 4.43. The van der Waals surface area contributed by atoms with E-state index in [4.69, 9.17) is 5.73 Å². The van der Waals surface area contributed by atoms with Crippen LogP contribution in [0.1, 0.15) is 27.5 Å². The van der Waals surface area contributed by atoms with Crippen LogP contribution in [-0.4, -0.2) is 27.0 Å². The Morgan fingerprint density at radius 3 is 2.42 bits per heavy atom. The number of benzene rings is 3. The molecule has 5 N–H and O–H groups in total. The van der Waals surface area contributed by atoms with Crippen LogP contribution < -0.4 is 16.6 Å². The Bertz CT molecular complexity index is 1400. The van der Waals surface area contributed by atoms with Crippen LogP contribution in [0.3, 0.4) is 0 Å². The maximum atomic E-state index is 12.7. The van der Waals surface area contributed by atoms with Gasteiger partial charge in [0.05, 0.1) is 10.9 Å². The molecule has 1 atom stereocenters. The van der Waals surface area contributed by atoms with Crippen LogP contribution in [0, 0.1) is 6.92 Å². The van der Waals surface area contributed by atoms with E-state index in [9.17, 15) is 19.5 Å². The highest BCUT2D eigenvalue weighted by molar-refractivity contribution is 7.99. The number of anilines is 1. The average molecular weight is 461 g/mol. The molecule has 0 aliphatic rings. The van der Waals surface area contributed by atoms with Crippen LogP contribution in [0.15, 0.2) is 81.3 Å². The first kappa shape index (κ1) is 22.1. The minimum atomic E-state index is -1.15. The summed E-state index contributed by atoms with van der Waals surface area (Å²) in [5.41, 5.74) is 7.54. The third-order valence-electron chi connectivity index (χ3n) is 5.03. The standard InChI is InChI=1S/C24H20N4O4S/c1-13-7-12-17-18(22(30)28-24(25)26-17)20(13)33-16-10-8-15(9-11-16)21(29)27-19(23(31)32)14-5-3-2-4-6-14/h2-12,19H,1H3,(H,27,29)(H,31,32)(H3,25,26,28,30)/t19-/m0/s1. The molecule has 3 aromatic carbocycles. The van der Waals surface area contributed by atoms with Gasteiger partial charge in [-0.05, 0) is 48.4 Å². The number of H-pyrrole nitrogens is 1. The van der Waals surface area contributed by atoms with E-state index in [0.717, 1.165) is 15.4 Å². The van der Waals surface area contributed by atoms with Gasteiger partial charge in [-0.25, -0.2) is 9.78 Å². The van der Waals surface area contributed by atoms with Crippen LogP contribution in [0.5, 0.6) is 0 Å². The minimum Gasteiger partial charge on any atom is -0.479 e. The van der Waals surface area contributed by atoms with Crippen LogP contribution in [0.25, 0.3) is 10.9 Å². The first-order valence-corrected chi connectivity index (χ1v) is 10.8. The molecule has 1 aromatic heterocycles. The number of aliphatic carboxylic acids is 1. The first-order chi connectivity index (χ1) is 15.8. The predicted molar refractivity (Wildman–Crippen MR) is 126 cm³/mol. The molecule has 166 valence electrons. The lowest BCUT2D eigenvalue weighted by Crippen LogP contribution is -2.33. The van der Waals surface area contributed by atoms with E-state index < -0.39 is 17.9 Å². The van der Waals surface area contributed by atoms with Crippen molar-refractivity contribution >= 4 is 40.5 Å². The molecular weight excluding hydrogens is 440 g/mol. The lowest BCUT2D eigenvalue weighted by atomic mass is 10.1. The maximum absolute atomic E-state index is 12.7. The molecule has 0 radical (unpaired) electrons. The number of aromatic amines is 1. The van der Waals surface area contributed by atoms with Crippen molar-refractivity contribution < 1.29 is 14.7 Å². The molecule has 1 amide bonds. The summed E-state index contributed by atoms with van der Waals surface area (Å²) in [7, 11) is 0. The predicted octanol–water partition coefficient (Wildman–Crippen LogP) is 3.52. The fourth-order valence-electron chi connectivity index (χ4n) is 3.40. The van der Waals surface area contributed by atoms with E-state index in [0.29, 0.717) is 22.0 Å². The Morgan fingerprint density at radius 2 is 1.76 bits per heavy atom. The highest BCUT2D eigenvalue weighted by atomic mass is 32.2. The smallest absolute Gasteiger partial charge is 0.330 e. The number of nitrogens with zero attached hydrogens (tertiary/aromatic N) is 1. The van der Waals surface area contributed by atoms with Crippen molar-refractivity contribution in [2.24, 2.45) is 0 Å². The molecule has 0 spiro atoms. The highest BCUT2D eigenvalue weighted by Gasteiger charge is 2.22. The molecule has 0 fully saturated rings. The van der Waals surface area contributed by atoms with Gasteiger partial charge in [0.15, 0.2) is 6.04 Å². The first-order valence-electron chi connectivity index (χ1n) is 9.99. The summed E-state index contributed by atoms with van der Waals surface area (Å²) < 4.78 is 0. The SMILES string of the molecule is Cc1ccc2nc(N)[nH]c(=O)c2c1Sc1ccc(C(=O)N[C@H](C(=O)O)c2ccccc2)cc1. The largest absolute Gasteiger partial charge is 0.479 e. The Hall–Kier alpha value is -4.11. The molecular formula is C24H20N4O4S. The van der Waals surface area contributed by atoms with Crippen molar-refractivity contribution in [3.63, 3.8) is 0 Å². The summed E-state index contributed by atoms with van der Waals surface area (Å²) in [6.07, 6.45) is 0. The van der Waals surface area contributed by atoms with Gasteiger partial charge in [0.1, 0.15) is 0 Å². The van der Waals surface area contributed by atoms with Gasteiger partial charge in [0, 0.05) is 15.4 Å². The molecule has 0 aliphatic heterocycles. The van der Waals surface area contributed by atoms with Gasteiger partial charge in [0.25, 0.3) is 11.5 Å². The van der Waals surface area contributed by atoms with Crippen LogP contribution in [-0.2, 0) is 4.79 Å². The van der Waals surface area contributed by atoms with Crippen molar-refractivity contribution in [1.29, 1.82) is 0 Å². The number of carboxylic acids is 1. The molecule has 9 heteroatoms. The number of nitrogen functional groups attached to an aromatic ring is 1. The second-order valence-corrected chi connectivity index (χ2v) is 8.42. The van der Waals surface area contributed by atoms with Crippen molar-refractivity contribution in [3.8, 4) is 0 Å². The molecule has 0 aliphatic carbocycles. The topological polar surface area (TPSA) is 138 Å². The molecule has 0 bridgehead atoms. The summed E-state index contributed by atoms with van der Waals surface area (Å²) in [4.78, 5) is 45.1. The van der Waals surface area contributed by atoms with Crippen LogP contribution in [0.4, 0.5) is 5.95 Å². The van der Waals surface area contributed by atoms with Crippen molar-refractivity contribution in [3.05, 3.63) is 93.8 Å². The van der Waals surface area contributed by atoms with Crippen LogP contribution in [0.2, 0.25) is 0 Å². The highest BCUT2D eigenvalue weighted by Crippen LogP contribution is 2.34. The number of carbonyl (C=O) groups excluding carboxylic acids is 1. The number of nitrogens with two attached hydrogens (primary N) is 1. The van der Waals surface area contributed by atoms with E-state index in [1.54, 1.807) is 60.7 Å². The summed E-state index contributed by atoms with van der Waals surface area (Å²) in [5.74, 6) is -1.59. The summed E-state index contributed by atoms with van der Waals surface area (Å²) in [5, 5.41) is 12.5. The van der Waals surface area contributed by atoms with Crippen molar-refractivity contribution in [2.45, 2.75) is 22.8 Å². The van der Waals surface area contributed by atoms with Gasteiger partial charge in [0.2, 0.25) is 5.95 Å². The number of hydrogen-bond acceptors (Lipinski definition) is 6. The van der Waals surface area contributed by atoms with E-state index >= 15 is 0 Å². The number of hydrogen-bond donors (Lipinski definition) is 4. The quantitative estimate of drug-likeness (QED) is 0.345. The number of amides is 1. The molecule has 0 unspecified atom stereocenters. The Kier molecular flexibility index (Phi) is 6.14. The number of carboxylic acid groups (broad SMARTS) is 1. The summed E-state index contributed by atoms with van der Waals surface area (Å²) in [6.45, 7) is 1.90. The Morgan fingerprint density at radius 1 is 1.06 bits per heavy atom. The lowest BCUT2D eigenvalue weighted by molar-refractivity contribution is -0.139. The molecule has 1 heterocycles. The second kappa shape index (κ2) is 9.17. The third-order valence-corrected chi connectivity index (χ3v) is 6.27. The van der Waals surface area contributed by atoms with E-state index in [-0.39, 0.29) is 11.5 Å². The van der Waals surface area contributed by atoms with Crippen LogP contribution >= 0.6 is 11.8 Å². The van der Waals surface area contributed by atoms with Crippen molar-refractivity contribution in [2.75, 3.05) is 5.73 Å². The third kappa shape index (κ3) is 4.73. The van der Waals surface area contributed by atoms with Gasteiger partial charge < -0.3 is 16.2 Å². The monoisotopic (exact) mass is 460 g/mol. The number of nitrogens with one attached hydrogen (secondary N) is 2. The molecule has 0 saturated carbocycles. The molecule has 8 nitrogen and oxygen atoms in total. The van der Waals surface area contributed by atoms with Gasteiger partial charge in [-0.1, -0.05) is 48.2 Å². The lowest BCUT2D eigenvalue weighted by Gasteiger charge is -2.15. The van der Waals surface area contributed by atoms with E-state index in [2.05, 4.69) is 15.3 Å². The normalized spacial score (nSPS) is 11.8. The molecule has 0 saturated heterocycles. The Labute approximate surface area is 192 Å². The van der Waals surface area contributed by atoms with Gasteiger partial charge in [-0.3, -0.25) is 14.6 Å².